The summed E-state index contributed by atoms with van der Waals surface area (Å²) in [4.78, 5) is 0. The zero-order chi connectivity index (χ0) is 17.3. The first-order chi connectivity index (χ1) is 12.4. The zero-order valence-corrected chi connectivity index (χ0v) is 14.6. The van der Waals surface area contributed by atoms with Crippen LogP contribution in [0.25, 0.3) is 0 Å². The number of hydrogen-bond acceptors (Lipinski definition) is 5. The fourth-order valence-corrected chi connectivity index (χ4v) is 3.08. The highest BCUT2D eigenvalue weighted by atomic mass is 16.5. The van der Waals surface area contributed by atoms with E-state index in [-0.39, 0.29) is 0 Å². The highest BCUT2D eigenvalue weighted by molar-refractivity contribution is 5.28. The minimum absolute atomic E-state index is 0.532. The molecule has 0 atom stereocenters. The van der Waals surface area contributed by atoms with Crippen LogP contribution < -0.4 is 10.1 Å². The monoisotopic (exact) mass is 339 g/mol. The summed E-state index contributed by atoms with van der Waals surface area (Å²) in [5, 5.41) is 20.7. The lowest BCUT2D eigenvalue weighted by Crippen LogP contribution is -2.17. The van der Waals surface area contributed by atoms with Gasteiger partial charge in [-0.2, -0.15) is 5.26 Å². The van der Waals surface area contributed by atoms with Gasteiger partial charge in [0.05, 0.1) is 19.2 Å². The quantitative estimate of drug-likeness (QED) is 0.748. The number of fused-ring (bicyclic) bond motifs is 1. The van der Waals surface area contributed by atoms with E-state index in [4.69, 9.17) is 10.00 Å². The third kappa shape index (κ3) is 5.04. The van der Waals surface area contributed by atoms with Crippen molar-refractivity contribution in [2.45, 2.75) is 58.2 Å². The molecule has 1 N–H and O–H groups in total. The molecule has 0 saturated carbocycles. The van der Waals surface area contributed by atoms with Gasteiger partial charge < -0.3 is 14.6 Å². The van der Waals surface area contributed by atoms with Crippen molar-refractivity contribution in [3.8, 4) is 11.8 Å². The number of aromatic nitrogens is 3. The molecule has 132 valence electrons. The lowest BCUT2D eigenvalue weighted by atomic mass is 10.2. The van der Waals surface area contributed by atoms with Gasteiger partial charge in [-0.3, -0.25) is 0 Å². The fourth-order valence-electron chi connectivity index (χ4n) is 3.08. The molecule has 1 aromatic heterocycles. The van der Waals surface area contributed by atoms with Crippen LogP contribution in [0.5, 0.6) is 5.75 Å². The van der Waals surface area contributed by atoms with E-state index in [0.717, 1.165) is 49.9 Å². The third-order valence-electron chi connectivity index (χ3n) is 4.40. The molecule has 0 bridgehead atoms. The summed E-state index contributed by atoms with van der Waals surface area (Å²) in [6, 6.07) is 10.2. The van der Waals surface area contributed by atoms with Gasteiger partial charge in [0.15, 0.2) is 0 Å². The molecule has 0 unspecified atom stereocenters. The van der Waals surface area contributed by atoms with E-state index in [1.165, 1.54) is 24.8 Å². The molecule has 25 heavy (non-hydrogen) atoms. The molecule has 0 saturated heterocycles. The number of hydrogen-bond donors (Lipinski definition) is 1. The number of aryl methyl sites for hydroxylation is 1. The Morgan fingerprint density at radius 1 is 1.20 bits per heavy atom. The highest BCUT2D eigenvalue weighted by Gasteiger charge is 2.14. The van der Waals surface area contributed by atoms with Crippen molar-refractivity contribution in [1.82, 2.24) is 20.1 Å². The van der Waals surface area contributed by atoms with Crippen molar-refractivity contribution >= 4 is 0 Å². The standard InChI is InChI=1S/C19H25N5O/c20-10-3-5-12-25-17-8-6-7-16(13-17)14-21-15-19-23-22-18-9-2-1-4-11-24(18)19/h6-8,13,21H,1-5,9,11-12,14-15H2. The van der Waals surface area contributed by atoms with Crippen molar-refractivity contribution in [2.75, 3.05) is 6.61 Å². The van der Waals surface area contributed by atoms with Gasteiger partial charge in [-0.15, -0.1) is 10.2 Å². The van der Waals surface area contributed by atoms with Crippen molar-refractivity contribution in [3.05, 3.63) is 41.5 Å². The SMILES string of the molecule is N#CCCCOc1cccc(CNCc2nnc3n2CCCCC3)c1. The van der Waals surface area contributed by atoms with E-state index in [0.29, 0.717) is 13.0 Å². The Morgan fingerprint density at radius 3 is 3.08 bits per heavy atom. The van der Waals surface area contributed by atoms with E-state index >= 15 is 0 Å². The zero-order valence-electron chi connectivity index (χ0n) is 14.6. The summed E-state index contributed by atoms with van der Waals surface area (Å²) in [6.07, 6.45) is 6.03. The molecule has 1 aliphatic rings. The van der Waals surface area contributed by atoms with Crippen molar-refractivity contribution in [1.29, 1.82) is 5.26 Å². The van der Waals surface area contributed by atoms with Crippen LogP contribution in [0.3, 0.4) is 0 Å². The molecule has 2 heterocycles. The number of unbranched alkanes of at least 4 members (excludes halogenated alkanes) is 1. The van der Waals surface area contributed by atoms with Gasteiger partial charge >= 0.3 is 0 Å². The van der Waals surface area contributed by atoms with Crippen molar-refractivity contribution in [3.63, 3.8) is 0 Å². The summed E-state index contributed by atoms with van der Waals surface area (Å²) in [5.41, 5.74) is 1.17. The summed E-state index contributed by atoms with van der Waals surface area (Å²) in [5.74, 6) is 3.01. The largest absolute Gasteiger partial charge is 0.494 e. The van der Waals surface area contributed by atoms with Crippen molar-refractivity contribution < 1.29 is 4.74 Å². The molecule has 0 spiro atoms. The van der Waals surface area contributed by atoms with E-state index < -0.39 is 0 Å². The molecule has 1 aliphatic heterocycles. The summed E-state index contributed by atoms with van der Waals surface area (Å²) < 4.78 is 7.96. The second-order valence-electron chi connectivity index (χ2n) is 6.36. The van der Waals surface area contributed by atoms with Gasteiger partial charge in [-0.1, -0.05) is 18.6 Å². The molecule has 0 amide bonds. The first kappa shape index (κ1) is 17.4. The maximum Gasteiger partial charge on any atom is 0.147 e. The molecule has 0 aliphatic carbocycles. The predicted molar refractivity (Wildman–Crippen MR) is 94.9 cm³/mol. The molecular formula is C19H25N5O. The second kappa shape index (κ2) is 9.19. The maximum atomic E-state index is 8.55. The summed E-state index contributed by atoms with van der Waals surface area (Å²) in [6.45, 7) is 3.10. The lowest BCUT2D eigenvalue weighted by Gasteiger charge is -2.10. The van der Waals surface area contributed by atoms with E-state index in [9.17, 15) is 0 Å². The fraction of sp³-hybridized carbons (Fsp3) is 0.526. The number of nitrogens with one attached hydrogen (secondary N) is 1. The van der Waals surface area contributed by atoms with Crippen LogP contribution in [0.2, 0.25) is 0 Å². The molecule has 3 rings (SSSR count). The van der Waals surface area contributed by atoms with Crippen LogP contribution >= 0.6 is 0 Å². The third-order valence-corrected chi connectivity index (χ3v) is 4.40. The Hall–Kier alpha value is -2.39. The van der Waals surface area contributed by atoms with E-state index in [1.807, 2.05) is 18.2 Å². The van der Waals surface area contributed by atoms with Crippen LogP contribution in [0.15, 0.2) is 24.3 Å². The van der Waals surface area contributed by atoms with Gasteiger partial charge in [-0.05, 0) is 37.0 Å². The highest BCUT2D eigenvalue weighted by Crippen LogP contribution is 2.16. The molecular weight excluding hydrogens is 314 g/mol. The number of nitrogens with zero attached hydrogens (tertiary/aromatic N) is 4. The molecule has 6 heteroatoms. The number of benzene rings is 1. The van der Waals surface area contributed by atoms with Crippen LogP contribution in [-0.4, -0.2) is 21.4 Å². The average Bonchev–Trinajstić information content (AvgIpc) is 2.86. The van der Waals surface area contributed by atoms with Gasteiger partial charge in [-0.25, -0.2) is 0 Å². The first-order valence-electron chi connectivity index (χ1n) is 9.07. The lowest BCUT2D eigenvalue weighted by molar-refractivity contribution is 0.312. The Bertz CT molecular complexity index is 719. The molecule has 0 radical (unpaired) electrons. The molecule has 0 fully saturated rings. The van der Waals surface area contributed by atoms with Crippen LogP contribution in [-0.2, 0) is 26.1 Å². The van der Waals surface area contributed by atoms with Gasteiger partial charge in [0, 0.05) is 25.9 Å². The first-order valence-corrected chi connectivity index (χ1v) is 9.07. The van der Waals surface area contributed by atoms with E-state index in [1.54, 1.807) is 0 Å². The number of ether oxygens (including phenoxy) is 1. The summed E-state index contributed by atoms with van der Waals surface area (Å²) in [7, 11) is 0. The normalized spacial score (nSPS) is 13.7. The second-order valence-corrected chi connectivity index (χ2v) is 6.36. The molecule has 2 aromatic rings. The predicted octanol–water partition coefficient (Wildman–Crippen LogP) is 2.98. The van der Waals surface area contributed by atoms with Gasteiger partial charge in [0.25, 0.3) is 0 Å². The van der Waals surface area contributed by atoms with Gasteiger partial charge in [0.2, 0.25) is 0 Å². The Balaban J connectivity index is 1.49. The van der Waals surface area contributed by atoms with Gasteiger partial charge in [0.1, 0.15) is 17.4 Å². The van der Waals surface area contributed by atoms with Crippen LogP contribution in [0.4, 0.5) is 0 Å². The van der Waals surface area contributed by atoms with Crippen LogP contribution in [0.1, 0.15) is 49.3 Å². The number of rotatable bonds is 8. The number of nitriles is 1. The Kier molecular flexibility index (Phi) is 6.41. The summed E-state index contributed by atoms with van der Waals surface area (Å²) >= 11 is 0. The Labute approximate surface area is 148 Å². The van der Waals surface area contributed by atoms with Crippen molar-refractivity contribution in [2.24, 2.45) is 0 Å². The Morgan fingerprint density at radius 2 is 2.16 bits per heavy atom. The molecule has 1 aromatic carbocycles. The molecule has 6 nitrogen and oxygen atoms in total. The topological polar surface area (TPSA) is 75.8 Å². The maximum absolute atomic E-state index is 8.55. The smallest absolute Gasteiger partial charge is 0.147 e. The minimum Gasteiger partial charge on any atom is -0.494 e. The van der Waals surface area contributed by atoms with E-state index in [2.05, 4.69) is 32.2 Å². The van der Waals surface area contributed by atoms with Crippen LogP contribution in [0, 0.1) is 11.3 Å². The minimum atomic E-state index is 0.532. The average molecular weight is 339 g/mol.